The number of benzene rings is 2. The first-order valence-corrected chi connectivity index (χ1v) is 10.1. The largest absolute Gasteiger partial charge is 0.355 e. The van der Waals surface area contributed by atoms with Gasteiger partial charge in [-0.05, 0) is 61.9 Å². The molecule has 0 atom stereocenters. The molecule has 1 N–H and O–H groups in total. The zero-order valence-corrected chi connectivity index (χ0v) is 17.2. The van der Waals surface area contributed by atoms with E-state index >= 15 is 0 Å². The summed E-state index contributed by atoms with van der Waals surface area (Å²) in [6, 6.07) is 17.4. The minimum absolute atomic E-state index is 0.127. The van der Waals surface area contributed by atoms with Gasteiger partial charge in [0.2, 0.25) is 5.91 Å². The number of rotatable bonds is 11. The lowest BCUT2D eigenvalue weighted by molar-refractivity contribution is -0.121. The van der Waals surface area contributed by atoms with Crippen LogP contribution in [-0.4, -0.2) is 37.5 Å². The molecule has 0 saturated carbocycles. The molecule has 0 radical (unpaired) electrons. The fraction of sp³-hybridized carbons (Fsp3) is 0.400. The van der Waals surface area contributed by atoms with Crippen molar-refractivity contribution in [3.05, 3.63) is 70.8 Å². The maximum atomic E-state index is 11.9. The van der Waals surface area contributed by atoms with Gasteiger partial charge in [0.25, 0.3) is 0 Å². The topological polar surface area (TPSA) is 32.3 Å². The van der Waals surface area contributed by atoms with Crippen LogP contribution in [0.3, 0.4) is 0 Å². The van der Waals surface area contributed by atoms with Crippen LogP contribution >= 0.6 is 0 Å². The Balaban J connectivity index is 1.63. The van der Waals surface area contributed by atoms with Gasteiger partial charge in [-0.3, -0.25) is 9.69 Å². The standard InChI is InChI=1S/C25H32N2O/c1-4-18-27(3)19-17-26-25(28)12-8-6-10-22-13-15-23(16-14-22)20-24-11-7-5-9-21(24)2/h1,5,7,9,11,13-16H,6,8,10,12,17-20H2,2-3H3,(H,26,28). The van der Waals surface area contributed by atoms with Gasteiger partial charge in [-0.15, -0.1) is 6.42 Å². The zero-order valence-electron chi connectivity index (χ0n) is 17.2. The minimum atomic E-state index is 0.127. The van der Waals surface area contributed by atoms with E-state index < -0.39 is 0 Å². The predicted octanol–water partition coefficient (Wildman–Crippen LogP) is 3.98. The maximum Gasteiger partial charge on any atom is 0.220 e. The maximum absolute atomic E-state index is 11.9. The van der Waals surface area contributed by atoms with E-state index in [0.717, 1.165) is 32.2 Å². The van der Waals surface area contributed by atoms with Crippen molar-refractivity contribution >= 4 is 5.91 Å². The third-order valence-corrected chi connectivity index (χ3v) is 4.97. The molecule has 0 saturated heterocycles. The number of terminal acetylenes is 1. The summed E-state index contributed by atoms with van der Waals surface area (Å²) >= 11 is 0. The molecule has 2 aromatic rings. The number of nitrogens with zero attached hydrogens (tertiary/aromatic N) is 1. The minimum Gasteiger partial charge on any atom is -0.355 e. The Labute approximate surface area is 170 Å². The third-order valence-electron chi connectivity index (χ3n) is 4.97. The second-order valence-corrected chi connectivity index (χ2v) is 7.42. The molecule has 0 heterocycles. The van der Waals surface area contributed by atoms with Gasteiger partial charge in [0, 0.05) is 19.5 Å². The predicted molar refractivity (Wildman–Crippen MR) is 117 cm³/mol. The zero-order chi connectivity index (χ0) is 20.2. The van der Waals surface area contributed by atoms with Crippen LogP contribution in [0.15, 0.2) is 48.5 Å². The van der Waals surface area contributed by atoms with Crippen LogP contribution in [0.1, 0.15) is 41.5 Å². The summed E-state index contributed by atoms with van der Waals surface area (Å²) in [4.78, 5) is 13.9. The molecule has 2 aromatic carbocycles. The highest BCUT2D eigenvalue weighted by molar-refractivity contribution is 5.75. The van der Waals surface area contributed by atoms with Crippen molar-refractivity contribution in [2.75, 3.05) is 26.7 Å². The van der Waals surface area contributed by atoms with Crippen LogP contribution in [0.2, 0.25) is 0 Å². The summed E-state index contributed by atoms with van der Waals surface area (Å²) < 4.78 is 0. The molecule has 2 rings (SSSR count). The van der Waals surface area contributed by atoms with Crippen molar-refractivity contribution in [2.24, 2.45) is 0 Å². The molecule has 0 aliphatic carbocycles. The van der Waals surface area contributed by atoms with Gasteiger partial charge in [0.15, 0.2) is 0 Å². The SMILES string of the molecule is C#CCN(C)CCNC(=O)CCCCc1ccc(Cc2ccccc2C)cc1. The second-order valence-electron chi connectivity index (χ2n) is 7.42. The van der Waals surface area contributed by atoms with E-state index in [2.05, 4.69) is 66.7 Å². The summed E-state index contributed by atoms with van der Waals surface area (Å²) in [7, 11) is 1.96. The number of unbranched alkanes of at least 4 members (excludes halogenated alkanes) is 1. The Morgan fingerprint density at radius 3 is 2.50 bits per heavy atom. The third kappa shape index (κ3) is 7.98. The number of hydrogen-bond donors (Lipinski definition) is 1. The lowest BCUT2D eigenvalue weighted by Gasteiger charge is -2.13. The number of likely N-dealkylation sites (N-methyl/N-ethyl adjacent to an activating group) is 1. The molecule has 0 unspecified atom stereocenters. The van der Waals surface area contributed by atoms with Gasteiger partial charge >= 0.3 is 0 Å². The van der Waals surface area contributed by atoms with Crippen molar-refractivity contribution in [2.45, 2.75) is 39.0 Å². The molecular formula is C25H32N2O. The molecule has 3 heteroatoms. The quantitative estimate of drug-likeness (QED) is 0.475. The fourth-order valence-electron chi connectivity index (χ4n) is 3.18. The molecule has 0 aromatic heterocycles. The monoisotopic (exact) mass is 376 g/mol. The molecule has 3 nitrogen and oxygen atoms in total. The van der Waals surface area contributed by atoms with Crippen LogP contribution in [0.5, 0.6) is 0 Å². The molecule has 1 amide bonds. The highest BCUT2D eigenvalue weighted by Gasteiger charge is 2.03. The molecule has 0 fully saturated rings. The number of nitrogens with one attached hydrogen (secondary N) is 1. The van der Waals surface area contributed by atoms with Crippen LogP contribution in [0, 0.1) is 19.3 Å². The fourth-order valence-corrected chi connectivity index (χ4v) is 3.18. The van der Waals surface area contributed by atoms with E-state index in [0.29, 0.717) is 19.5 Å². The Morgan fingerprint density at radius 1 is 1.07 bits per heavy atom. The molecule has 0 aliphatic heterocycles. The Hall–Kier alpha value is -2.57. The van der Waals surface area contributed by atoms with E-state index in [1.807, 2.05) is 11.9 Å². The number of hydrogen-bond acceptors (Lipinski definition) is 2. The Morgan fingerprint density at radius 2 is 1.79 bits per heavy atom. The first-order valence-electron chi connectivity index (χ1n) is 10.1. The van der Waals surface area contributed by atoms with E-state index in [1.54, 1.807) is 0 Å². The van der Waals surface area contributed by atoms with Gasteiger partial charge < -0.3 is 5.32 Å². The lowest BCUT2D eigenvalue weighted by Crippen LogP contribution is -2.33. The average molecular weight is 377 g/mol. The summed E-state index contributed by atoms with van der Waals surface area (Å²) in [5.41, 5.74) is 5.40. The van der Waals surface area contributed by atoms with Gasteiger partial charge in [-0.1, -0.05) is 54.5 Å². The second kappa shape index (κ2) is 12.0. The Kier molecular flexibility index (Phi) is 9.31. The Bertz CT molecular complexity index is 774. The van der Waals surface area contributed by atoms with Gasteiger partial charge in [-0.2, -0.15) is 0 Å². The summed E-state index contributed by atoms with van der Waals surface area (Å²) in [5, 5.41) is 2.96. The van der Waals surface area contributed by atoms with Gasteiger partial charge in [-0.25, -0.2) is 0 Å². The summed E-state index contributed by atoms with van der Waals surface area (Å²) in [6.45, 7) is 4.21. The molecule has 0 bridgehead atoms. The number of amides is 1. The molecule has 0 aliphatic rings. The number of aryl methyl sites for hydroxylation is 2. The van der Waals surface area contributed by atoms with Crippen molar-refractivity contribution in [1.29, 1.82) is 0 Å². The van der Waals surface area contributed by atoms with Crippen molar-refractivity contribution in [1.82, 2.24) is 10.2 Å². The van der Waals surface area contributed by atoms with Gasteiger partial charge in [0.05, 0.1) is 6.54 Å². The lowest BCUT2D eigenvalue weighted by atomic mass is 9.99. The average Bonchev–Trinajstić information content (AvgIpc) is 2.68. The van der Waals surface area contributed by atoms with E-state index in [-0.39, 0.29) is 5.91 Å². The van der Waals surface area contributed by atoms with E-state index in [9.17, 15) is 4.79 Å². The van der Waals surface area contributed by atoms with E-state index in [4.69, 9.17) is 6.42 Å². The van der Waals surface area contributed by atoms with E-state index in [1.165, 1.54) is 22.3 Å². The summed E-state index contributed by atoms with van der Waals surface area (Å²) in [6.07, 6.45) is 9.78. The highest BCUT2D eigenvalue weighted by atomic mass is 16.1. The normalized spacial score (nSPS) is 10.6. The van der Waals surface area contributed by atoms with Gasteiger partial charge in [0.1, 0.15) is 0 Å². The summed E-state index contributed by atoms with van der Waals surface area (Å²) in [5.74, 6) is 2.72. The first kappa shape index (κ1) is 21.7. The highest BCUT2D eigenvalue weighted by Crippen LogP contribution is 2.15. The van der Waals surface area contributed by atoms with Crippen LogP contribution < -0.4 is 5.32 Å². The smallest absolute Gasteiger partial charge is 0.220 e. The van der Waals surface area contributed by atoms with Crippen LogP contribution in [0.4, 0.5) is 0 Å². The number of carbonyl (C=O) groups excluding carboxylic acids is 1. The molecule has 28 heavy (non-hydrogen) atoms. The molecule has 148 valence electrons. The van der Waals surface area contributed by atoms with Crippen LogP contribution in [-0.2, 0) is 17.6 Å². The molecular weight excluding hydrogens is 344 g/mol. The molecule has 0 spiro atoms. The van der Waals surface area contributed by atoms with Crippen molar-refractivity contribution in [3.63, 3.8) is 0 Å². The first-order chi connectivity index (χ1) is 13.6. The van der Waals surface area contributed by atoms with Crippen molar-refractivity contribution < 1.29 is 4.79 Å². The van der Waals surface area contributed by atoms with Crippen molar-refractivity contribution in [3.8, 4) is 12.3 Å². The van der Waals surface area contributed by atoms with Crippen LogP contribution in [0.25, 0.3) is 0 Å². The number of carbonyl (C=O) groups is 1.